The molecule has 4 nitrogen and oxygen atoms in total. The molecule has 200 valence electrons. The minimum absolute atomic E-state index is 0.605. The Morgan fingerprint density at radius 1 is 0.349 bits per heavy atom. The number of aromatic nitrogens is 3. The third kappa shape index (κ3) is 3.88. The number of fused-ring (bicyclic) bond motifs is 6. The largest absolute Gasteiger partial charge is 0.456 e. The van der Waals surface area contributed by atoms with Gasteiger partial charge in [0.1, 0.15) is 11.2 Å². The summed E-state index contributed by atoms with van der Waals surface area (Å²) in [6.07, 6.45) is 0. The van der Waals surface area contributed by atoms with Crippen LogP contribution >= 0.6 is 0 Å². The molecule has 2 aromatic heterocycles. The molecule has 0 aliphatic rings. The summed E-state index contributed by atoms with van der Waals surface area (Å²) < 4.78 is 6.40. The van der Waals surface area contributed by atoms with Crippen LogP contribution in [0.3, 0.4) is 0 Å². The number of nitrogens with zero attached hydrogens (tertiary/aromatic N) is 3. The van der Waals surface area contributed by atoms with Crippen molar-refractivity contribution in [2.24, 2.45) is 0 Å². The highest BCUT2D eigenvalue weighted by molar-refractivity contribution is 6.10. The first kappa shape index (κ1) is 23.8. The van der Waals surface area contributed by atoms with E-state index in [4.69, 9.17) is 19.4 Å². The lowest BCUT2D eigenvalue weighted by atomic mass is 10.0. The van der Waals surface area contributed by atoms with Gasteiger partial charge >= 0.3 is 0 Å². The minimum atomic E-state index is 0.605. The highest BCUT2D eigenvalue weighted by Crippen LogP contribution is 2.36. The van der Waals surface area contributed by atoms with Crippen LogP contribution in [0.25, 0.3) is 88.4 Å². The van der Waals surface area contributed by atoms with Crippen LogP contribution in [-0.2, 0) is 0 Å². The highest BCUT2D eigenvalue weighted by Gasteiger charge is 2.17. The summed E-state index contributed by atoms with van der Waals surface area (Å²) in [5.41, 5.74) is 4.50. The summed E-state index contributed by atoms with van der Waals surface area (Å²) in [6, 6.07) is 48.1. The molecule has 9 aromatic rings. The quantitative estimate of drug-likeness (QED) is 0.220. The van der Waals surface area contributed by atoms with E-state index < -0.39 is 0 Å². The fourth-order valence-electron chi connectivity index (χ4n) is 6.19. The Hall–Kier alpha value is -5.87. The van der Waals surface area contributed by atoms with Gasteiger partial charge in [0.05, 0.1) is 0 Å². The van der Waals surface area contributed by atoms with Crippen LogP contribution < -0.4 is 0 Å². The van der Waals surface area contributed by atoms with E-state index in [1.165, 1.54) is 5.39 Å². The maximum atomic E-state index is 6.40. The summed E-state index contributed by atoms with van der Waals surface area (Å²) in [5.74, 6) is 1.88. The van der Waals surface area contributed by atoms with Gasteiger partial charge in [0.2, 0.25) is 0 Å². The fraction of sp³-hybridized carbons (Fsp3) is 0. The van der Waals surface area contributed by atoms with Crippen molar-refractivity contribution in [2.75, 3.05) is 0 Å². The van der Waals surface area contributed by atoms with Crippen LogP contribution in [0.4, 0.5) is 0 Å². The number of rotatable bonds is 3. The van der Waals surface area contributed by atoms with E-state index in [9.17, 15) is 0 Å². The van der Waals surface area contributed by atoms with Crippen molar-refractivity contribution in [3.05, 3.63) is 140 Å². The van der Waals surface area contributed by atoms with Crippen molar-refractivity contribution in [2.45, 2.75) is 0 Å². The maximum Gasteiger partial charge on any atom is 0.164 e. The Morgan fingerprint density at radius 2 is 0.860 bits per heavy atom. The van der Waals surface area contributed by atoms with E-state index in [2.05, 4.69) is 140 Å². The Balaban J connectivity index is 1.29. The van der Waals surface area contributed by atoms with Crippen LogP contribution in [0.1, 0.15) is 0 Å². The molecule has 7 aromatic carbocycles. The van der Waals surface area contributed by atoms with E-state index in [1.807, 2.05) is 0 Å². The average molecular weight is 550 g/mol. The predicted molar refractivity (Wildman–Crippen MR) is 176 cm³/mol. The standard InChI is InChI=1S/C39H23N3O/c1-2-12-27-22-36-34(21-26(27)11-1)31-20-19-28(23-35(31)43-36)37-40-38(32-17-7-13-24-9-3-5-15-29(24)32)42-39(41-37)33-18-8-14-25-10-4-6-16-30(25)33/h1-23H. The predicted octanol–water partition coefficient (Wildman–Crippen LogP) is 10.2. The summed E-state index contributed by atoms with van der Waals surface area (Å²) in [5, 5.41) is 9.02. The Bertz CT molecular complexity index is 2420. The van der Waals surface area contributed by atoms with Crippen LogP contribution in [0.2, 0.25) is 0 Å². The van der Waals surface area contributed by atoms with Crippen LogP contribution in [0.15, 0.2) is 144 Å². The zero-order valence-electron chi connectivity index (χ0n) is 23.0. The van der Waals surface area contributed by atoms with Crippen molar-refractivity contribution in [1.82, 2.24) is 15.0 Å². The molecule has 0 radical (unpaired) electrons. The first-order valence-corrected chi connectivity index (χ1v) is 14.4. The zero-order chi connectivity index (χ0) is 28.3. The van der Waals surface area contributed by atoms with Crippen molar-refractivity contribution in [1.29, 1.82) is 0 Å². The molecule has 0 aliphatic carbocycles. The van der Waals surface area contributed by atoms with E-state index in [1.54, 1.807) is 0 Å². The summed E-state index contributed by atoms with van der Waals surface area (Å²) in [6.45, 7) is 0. The molecule has 0 aliphatic heterocycles. The van der Waals surface area contributed by atoms with Gasteiger partial charge in [0.25, 0.3) is 0 Å². The molecular formula is C39H23N3O. The molecule has 0 amide bonds. The lowest BCUT2D eigenvalue weighted by Crippen LogP contribution is -2.01. The zero-order valence-corrected chi connectivity index (χ0v) is 23.0. The van der Waals surface area contributed by atoms with Gasteiger partial charge in [0.15, 0.2) is 17.5 Å². The van der Waals surface area contributed by atoms with E-state index in [0.717, 1.165) is 65.6 Å². The highest BCUT2D eigenvalue weighted by atomic mass is 16.3. The van der Waals surface area contributed by atoms with Gasteiger partial charge in [-0.25, -0.2) is 15.0 Å². The third-order valence-electron chi connectivity index (χ3n) is 8.29. The Labute approximate surface area is 246 Å². The second kappa shape index (κ2) is 9.33. The van der Waals surface area contributed by atoms with Gasteiger partial charge < -0.3 is 4.42 Å². The molecule has 0 spiro atoms. The lowest BCUT2D eigenvalue weighted by Gasteiger charge is -2.11. The molecule has 0 bridgehead atoms. The van der Waals surface area contributed by atoms with Crippen LogP contribution in [0.5, 0.6) is 0 Å². The molecule has 2 heterocycles. The average Bonchev–Trinajstić information content (AvgIpc) is 3.43. The first-order chi connectivity index (χ1) is 21.3. The molecule has 0 unspecified atom stereocenters. The molecule has 0 saturated carbocycles. The van der Waals surface area contributed by atoms with Gasteiger partial charge in [-0.2, -0.15) is 0 Å². The molecule has 43 heavy (non-hydrogen) atoms. The van der Waals surface area contributed by atoms with E-state index in [0.29, 0.717) is 17.5 Å². The van der Waals surface area contributed by atoms with Crippen LogP contribution in [-0.4, -0.2) is 15.0 Å². The van der Waals surface area contributed by atoms with E-state index >= 15 is 0 Å². The summed E-state index contributed by atoms with van der Waals surface area (Å²) in [7, 11) is 0. The number of benzene rings is 7. The topological polar surface area (TPSA) is 51.8 Å². The van der Waals surface area contributed by atoms with Gasteiger partial charge in [0, 0.05) is 27.5 Å². The number of hydrogen-bond donors (Lipinski definition) is 0. The first-order valence-electron chi connectivity index (χ1n) is 14.4. The van der Waals surface area contributed by atoms with Gasteiger partial charge in [-0.15, -0.1) is 0 Å². The number of furan rings is 1. The smallest absolute Gasteiger partial charge is 0.164 e. The summed E-state index contributed by atoms with van der Waals surface area (Å²) >= 11 is 0. The maximum absolute atomic E-state index is 6.40. The van der Waals surface area contributed by atoms with Crippen molar-refractivity contribution >= 4 is 54.3 Å². The second-order valence-corrected chi connectivity index (χ2v) is 10.9. The van der Waals surface area contributed by atoms with Crippen molar-refractivity contribution in [3.8, 4) is 34.2 Å². The van der Waals surface area contributed by atoms with Gasteiger partial charge in [-0.05, 0) is 56.6 Å². The molecule has 4 heteroatoms. The van der Waals surface area contributed by atoms with E-state index in [-0.39, 0.29) is 0 Å². The fourth-order valence-corrected chi connectivity index (χ4v) is 6.19. The Kier molecular flexibility index (Phi) is 5.16. The third-order valence-corrected chi connectivity index (χ3v) is 8.29. The van der Waals surface area contributed by atoms with Crippen LogP contribution in [0, 0.1) is 0 Å². The Morgan fingerprint density at radius 3 is 1.51 bits per heavy atom. The second-order valence-electron chi connectivity index (χ2n) is 10.9. The van der Waals surface area contributed by atoms with Crippen molar-refractivity contribution in [3.63, 3.8) is 0 Å². The molecule has 9 rings (SSSR count). The molecule has 0 N–H and O–H groups in total. The van der Waals surface area contributed by atoms with Crippen molar-refractivity contribution < 1.29 is 4.42 Å². The SMILES string of the molecule is c1ccc2cc3c(cc2c1)oc1cc(-c2nc(-c4cccc5ccccc45)nc(-c4cccc5ccccc45)n2)ccc13. The molecule has 0 saturated heterocycles. The van der Waals surface area contributed by atoms with Gasteiger partial charge in [-0.1, -0.05) is 115 Å². The summed E-state index contributed by atoms with van der Waals surface area (Å²) in [4.78, 5) is 15.2. The number of hydrogen-bond acceptors (Lipinski definition) is 4. The lowest BCUT2D eigenvalue weighted by molar-refractivity contribution is 0.669. The molecular weight excluding hydrogens is 526 g/mol. The monoisotopic (exact) mass is 549 g/mol. The normalized spacial score (nSPS) is 11.7. The van der Waals surface area contributed by atoms with Gasteiger partial charge in [-0.3, -0.25) is 0 Å². The molecule has 0 fully saturated rings. The molecule has 0 atom stereocenters. The minimum Gasteiger partial charge on any atom is -0.456 e.